The molecule has 0 saturated heterocycles. The Morgan fingerprint density at radius 2 is 0.673 bits per heavy atom. The summed E-state index contributed by atoms with van der Waals surface area (Å²) in [5.74, 6) is 5.95. The zero-order valence-corrected chi connectivity index (χ0v) is 35.9. The first-order valence-electron chi connectivity index (χ1n) is 21.1. The summed E-state index contributed by atoms with van der Waals surface area (Å²) in [5, 5.41) is 0. The average Bonchev–Trinajstić information content (AvgIpc) is 3.11. The predicted octanol–water partition coefficient (Wildman–Crippen LogP) is 17.2. The van der Waals surface area contributed by atoms with Crippen molar-refractivity contribution >= 4 is 0 Å². The third-order valence-electron chi connectivity index (χ3n) is 11.3. The second-order valence-electron chi connectivity index (χ2n) is 17.3. The van der Waals surface area contributed by atoms with E-state index in [9.17, 15) is 8.78 Å². The van der Waals surface area contributed by atoms with Crippen LogP contribution in [0, 0.1) is 88.7 Å². The van der Waals surface area contributed by atoms with Crippen LogP contribution in [0.4, 0.5) is 8.78 Å². The summed E-state index contributed by atoms with van der Waals surface area (Å²) in [7, 11) is 0. The Morgan fingerprint density at radius 1 is 0.423 bits per heavy atom. The third kappa shape index (κ3) is 23.2. The molecule has 52 heavy (non-hydrogen) atoms. The molecule has 2 heteroatoms. The number of hydrogen-bond acceptors (Lipinski definition) is 0. The molecule has 0 aromatic heterocycles. The Bertz CT molecular complexity index is 1210. The number of halogens is 2. The van der Waals surface area contributed by atoms with E-state index < -0.39 is 0 Å². The first-order valence-corrected chi connectivity index (χ1v) is 21.1. The van der Waals surface area contributed by atoms with Crippen LogP contribution in [-0.4, -0.2) is 0 Å². The summed E-state index contributed by atoms with van der Waals surface area (Å²) in [4.78, 5) is 0. The third-order valence-corrected chi connectivity index (χ3v) is 11.3. The lowest BCUT2D eigenvalue weighted by atomic mass is 9.81. The first kappa shape index (κ1) is 47.5. The van der Waals surface area contributed by atoms with Crippen LogP contribution in [0.1, 0.15) is 169 Å². The van der Waals surface area contributed by atoms with E-state index in [-0.39, 0.29) is 15.9 Å². The molecule has 0 nitrogen and oxygen atoms in total. The molecule has 0 bridgehead atoms. The van der Waals surface area contributed by atoms with Gasteiger partial charge < -0.3 is 0 Å². The van der Waals surface area contributed by atoms with Gasteiger partial charge in [0.05, 0.1) is 0 Å². The number of hydrogen-bond donors (Lipinski definition) is 0. The van der Waals surface area contributed by atoms with E-state index in [1.807, 2.05) is 26.0 Å². The maximum Gasteiger partial charge on any atom is 0.126 e. The Morgan fingerprint density at radius 3 is 0.904 bits per heavy atom. The standard InChI is InChI=1S/C10H20.2C8H9F.2C8H16.C8H10.3H2/c1-3-4-10-7-5-9(2)6-8-10;2*1-6-3-4-7(2)8(9)5-6;3*1-7-3-5-8(2)6-4-7;;;/h9-10H,3-8H2,1-2H3;2*3-5H,1-2H3;2*7-8H,3-6H2,1-2H3;3-6H,1-2H3;3*1H. The van der Waals surface area contributed by atoms with Crippen molar-refractivity contribution in [1.29, 1.82) is 0 Å². The van der Waals surface area contributed by atoms with Crippen LogP contribution in [0.2, 0.25) is 0 Å². The van der Waals surface area contributed by atoms with Gasteiger partial charge >= 0.3 is 0 Å². The summed E-state index contributed by atoms with van der Waals surface area (Å²) < 4.78 is 25.2. The van der Waals surface area contributed by atoms with E-state index in [0.717, 1.165) is 46.6 Å². The van der Waals surface area contributed by atoms with Gasteiger partial charge in [-0.3, -0.25) is 0 Å². The van der Waals surface area contributed by atoms with Gasteiger partial charge in [0, 0.05) is 4.28 Å². The first-order chi connectivity index (χ1) is 24.6. The topological polar surface area (TPSA) is 0 Å². The molecule has 3 fully saturated rings. The van der Waals surface area contributed by atoms with Gasteiger partial charge in [-0.2, -0.15) is 0 Å². The van der Waals surface area contributed by atoms with Gasteiger partial charge in [0.2, 0.25) is 0 Å². The average molecular weight is 725 g/mol. The zero-order chi connectivity index (χ0) is 39.1. The molecule has 0 heterocycles. The maximum atomic E-state index is 12.6. The summed E-state index contributed by atoms with van der Waals surface area (Å²) in [6.07, 6.45) is 20.7. The van der Waals surface area contributed by atoms with Crippen LogP contribution in [0.3, 0.4) is 0 Å². The van der Waals surface area contributed by atoms with Gasteiger partial charge in [-0.05, 0) is 111 Å². The SMILES string of the molecule is CC1CCC(C)CC1.CC1CCC(C)CC1.CCCC1CCC(C)CC1.Cc1ccc(C)c(F)c1.Cc1ccc(C)c(F)c1.Cc1ccc(C)cc1.[HH].[HH].[HH]. The fraction of sp³-hybridized carbons (Fsp3) is 0.640. The van der Waals surface area contributed by atoms with Gasteiger partial charge in [0.1, 0.15) is 11.6 Å². The van der Waals surface area contributed by atoms with Crippen LogP contribution >= 0.6 is 0 Å². The minimum atomic E-state index is -0.116. The molecule has 0 atom stereocenters. The van der Waals surface area contributed by atoms with Gasteiger partial charge in [-0.15, -0.1) is 0 Å². The molecule has 3 aliphatic carbocycles. The lowest BCUT2D eigenvalue weighted by Gasteiger charge is -2.25. The van der Waals surface area contributed by atoms with E-state index in [1.54, 1.807) is 26.0 Å². The lowest BCUT2D eigenvalue weighted by molar-refractivity contribution is 0.276. The molecular formula is C50H86F2. The second-order valence-corrected chi connectivity index (χ2v) is 17.3. The van der Waals surface area contributed by atoms with Gasteiger partial charge in [0.25, 0.3) is 0 Å². The maximum absolute atomic E-state index is 12.6. The minimum Gasteiger partial charge on any atom is -0.207 e. The summed E-state index contributed by atoms with van der Waals surface area (Å²) in [6.45, 7) is 25.6. The molecule has 0 spiro atoms. The predicted molar refractivity (Wildman–Crippen MR) is 234 cm³/mol. The molecular weight excluding hydrogens is 639 g/mol. The normalized spacial score (nSPS) is 23.6. The van der Waals surface area contributed by atoms with Crippen LogP contribution < -0.4 is 0 Å². The minimum absolute atomic E-state index is 0. The molecule has 0 amide bonds. The Labute approximate surface area is 326 Å². The van der Waals surface area contributed by atoms with Crippen molar-refractivity contribution in [2.75, 3.05) is 0 Å². The highest BCUT2D eigenvalue weighted by atomic mass is 19.1. The van der Waals surface area contributed by atoms with Crippen molar-refractivity contribution in [2.24, 2.45) is 35.5 Å². The monoisotopic (exact) mass is 725 g/mol. The van der Waals surface area contributed by atoms with E-state index >= 15 is 0 Å². The molecule has 0 aliphatic heterocycles. The Balaban J connectivity index is -0.000000585. The van der Waals surface area contributed by atoms with Crippen molar-refractivity contribution in [3.05, 3.63) is 106 Å². The lowest BCUT2D eigenvalue weighted by Crippen LogP contribution is -2.11. The number of rotatable bonds is 2. The van der Waals surface area contributed by atoms with Crippen molar-refractivity contribution < 1.29 is 13.1 Å². The number of benzene rings is 3. The largest absolute Gasteiger partial charge is 0.207 e. The van der Waals surface area contributed by atoms with Crippen LogP contribution in [0.15, 0.2) is 60.7 Å². The fourth-order valence-electron chi connectivity index (χ4n) is 6.91. The molecule has 6 rings (SSSR count). The molecule has 300 valence electrons. The molecule has 0 N–H and O–H groups in total. The zero-order valence-electron chi connectivity index (χ0n) is 35.9. The highest BCUT2D eigenvalue weighted by molar-refractivity contribution is 5.22. The van der Waals surface area contributed by atoms with E-state index in [1.165, 1.54) is 113 Å². The molecule has 3 aromatic rings. The van der Waals surface area contributed by atoms with E-state index in [0.29, 0.717) is 11.1 Å². The fourth-order valence-corrected chi connectivity index (χ4v) is 6.91. The van der Waals surface area contributed by atoms with Crippen molar-refractivity contribution in [3.8, 4) is 0 Å². The number of aryl methyl sites for hydroxylation is 6. The molecule has 0 unspecified atom stereocenters. The smallest absolute Gasteiger partial charge is 0.126 e. The van der Waals surface area contributed by atoms with Gasteiger partial charge in [-0.1, -0.05) is 191 Å². The van der Waals surface area contributed by atoms with Gasteiger partial charge in [0.15, 0.2) is 0 Å². The van der Waals surface area contributed by atoms with E-state index in [2.05, 4.69) is 79.7 Å². The molecule has 3 saturated carbocycles. The summed E-state index contributed by atoms with van der Waals surface area (Å²) in [5.41, 5.74) is 6.02. The highest BCUT2D eigenvalue weighted by Gasteiger charge is 2.17. The molecule has 0 radical (unpaired) electrons. The van der Waals surface area contributed by atoms with Gasteiger partial charge in [-0.25, -0.2) is 8.78 Å². The van der Waals surface area contributed by atoms with Crippen molar-refractivity contribution in [1.82, 2.24) is 0 Å². The van der Waals surface area contributed by atoms with Crippen molar-refractivity contribution in [2.45, 2.75) is 173 Å². The Hall–Kier alpha value is -2.48. The highest BCUT2D eigenvalue weighted by Crippen LogP contribution is 2.31. The molecule has 3 aromatic carbocycles. The Kier molecular flexibility index (Phi) is 24.8. The van der Waals surface area contributed by atoms with Crippen molar-refractivity contribution in [3.63, 3.8) is 0 Å². The molecule has 3 aliphatic rings. The van der Waals surface area contributed by atoms with Crippen LogP contribution in [-0.2, 0) is 0 Å². The summed E-state index contributed by atoms with van der Waals surface area (Å²) >= 11 is 0. The second kappa shape index (κ2) is 27.2. The quantitative estimate of drug-likeness (QED) is 0.247. The van der Waals surface area contributed by atoms with E-state index in [4.69, 9.17) is 0 Å². The van der Waals surface area contributed by atoms with Crippen LogP contribution in [0.25, 0.3) is 0 Å². The summed E-state index contributed by atoms with van der Waals surface area (Å²) in [6, 6.07) is 18.9. The van der Waals surface area contributed by atoms with Crippen LogP contribution in [0.5, 0.6) is 0 Å².